The Labute approximate surface area is 157 Å². The van der Waals surface area contributed by atoms with Crippen LogP contribution in [0.4, 0.5) is 10.5 Å². The van der Waals surface area contributed by atoms with Gasteiger partial charge in [0.05, 0.1) is 4.92 Å². The van der Waals surface area contributed by atoms with E-state index in [0.29, 0.717) is 0 Å². The molecule has 1 rings (SSSR count). The average molecular weight is 380 g/mol. The lowest BCUT2D eigenvalue weighted by atomic mass is 10.0. The van der Waals surface area contributed by atoms with E-state index >= 15 is 0 Å². The molecule has 1 N–H and O–H groups in total. The molecule has 0 aliphatic rings. The van der Waals surface area contributed by atoms with Crippen molar-refractivity contribution in [1.82, 2.24) is 5.32 Å². The maximum absolute atomic E-state index is 12.7. The molecule has 0 saturated heterocycles. The second-order valence-corrected chi connectivity index (χ2v) is 7.78. The Bertz CT molecular complexity index is 728. The number of amides is 1. The number of esters is 1. The van der Waals surface area contributed by atoms with Gasteiger partial charge in [0.25, 0.3) is 5.69 Å². The lowest BCUT2D eigenvalue weighted by molar-refractivity contribution is -0.384. The van der Waals surface area contributed by atoms with E-state index in [1.807, 2.05) is 0 Å². The SMILES string of the molecule is CC(C)(C)OC(=O)NC(C(=O)OC(C)(C)C)C(=O)c1ccc([N+](=O)[O-])cc1. The van der Waals surface area contributed by atoms with Crippen LogP contribution in [-0.2, 0) is 14.3 Å². The Kier molecular flexibility index (Phi) is 6.66. The summed E-state index contributed by atoms with van der Waals surface area (Å²) in [6.07, 6.45) is -0.964. The van der Waals surface area contributed by atoms with Crippen LogP contribution in [0.15, 0.2) is 24.3 Å². The number of ether oxygens (including phenoxy) is 2. The summed E-state index contributed by atoms with van der Waals surface area (Å²) in [5.74, 6) is -1.73. The highest BCUT2D eigenvalue weighted by atomic mass is 16.6. The summed E-state index contributed by atoms with van der Waals surface area (Å²) in [7, 11) is 0. The van der Waals surface area contributed by atoms with E-state index in [2.05, 4.69) is 5.32 Å². The Morgan fingerprint density at radius 1 is 0.963 bits per heavy atom. The molecule has 1 atom stereocenters. The molecule has 0 radical (unpaired) electrons. The number of carbonyl (C=O) groups is 3. The predicted molar refractivity (Wildman–Crippen MR) is 96.4 cm³/mol. The zero-order valence-electron chi connectivity index (χ0n) is 16.2. The molecule has 0 bridgehead atoms. The first-order chi connectivity index (χ1) is 12.2. The maximum Gasteiger partial charge on any atom is 0.408 e. The van der Waals surface area contributed by atoms with Gasteiger partial charge in [0.2, 0.25) is 0 Å². The molecule has 1 amide bonds. The third kappa shape index (κ3) is 7.43. The van der Waals surface area contributed by atoms with E-state index in [4.69, 9.17) is 9.47 Å². The maximum atomic E-state index is 12.7. The lowest BCUT2D eigenvalue weighted by Gasteiger charge is -2.25. The van der Waals surface area contributed by atoms with Crippen molar-refractivity contribution in [3.63, 3.8) is 0 Å². The fourth-order valence-electron chi connectivity index (χ4n) is 1.93. The molecule has 1 aromatic carbocycles. The van der Waals surface area contributed by atoms with Gasteiger partial charge in [-0.3, -0.25) is 14.9 Å². The first kappa shape index (κ1) is 22.1. The Balaban J connectivity index is 3.11. The van der Waals surface area contributed by atoms with Gasteiger partial charge in [0.1, 0.15) is 11.2 Å². The fraction of sp³-hybridized carbons (Fsp3) is 0.500. The van der Waals surface area contributed by atoms with Crippen molar-refractivity contribution < 1.29 is 28.8 Å². The smallest absolute Gasteiger partial charge is 0.408 e. The summed E-state index contributed by atoms with van der Waals surface area (Å²) in [6.45, 7) is 9.75. The van der Waals surface area contributed by atoms with Crippen LogP contribution in [0.1, 0.15) is 51.9 Å². The van der Waals surface area contributed by atoms with Crippen LogP contribution in [0.5, 0.6) is 0 Å². The summed E-state index contributed by atoms with van der Waals surface area (Å²) < 4.78 is 10.3. The van der Waals surface area contributed by atoms with Gasteiger partial charge in [0, 0.05) is 17.7 Å². The number of alkyl carbamates (subject to hydrolysis) is 1. The number of hydrogen-bond acceptors (Lipinski definition) is 7. The van der Waals surface area contributed by atoms with Crippen LogP contribution in [0, 0.1) is 10.1 Å². The van der Waals surface area contributed by atoms with Crippen molar-refractivity contribution in [3.8, 4) is 0 Å². The van der Waals surface area contributed by atoms with Crippen LogP contribution in [0.3, 0.4) is 0 Å². The Morgan fingerprint density at radius 2 is 1.44 bits per heavy atom. The minimum Gasteiger partial charge on any atom is -0.458 e. The van der Waals surface area contributed by atoms with Crippen LogP contribution in [-0.4, -0.2) is 40.0 Å². The summed E-state index contributed by atoms with van der Waals surface area (Å²) in [5.41, 5.74) is -1.92. The number of rotatable bonds is 5. The number of nitrogens with one attached hydrogen (secondary N) is 1. The lowest BCUT2D eigenvalue weighted by Crippen LogP contribution is -2.50. The molecule has 0 aromatic heterocycles. The van der Waals surface area contributed by atoms with Gasteiger partial charge in [-0.1, -0.05) is 0 Å². The molecule has 148 valence electrons. The monoisotopic (exact) mass is 380 g/mol. The molecular weight excluding hydrogens is 356 g/mol. The summed E-state index contributed by atoms with van der Waals surface area (Å²) >= 11 is 0. The quantitative estimate of drug-likeness (QED) is 0.274. The number of hydrogen-bond donors (Lipinski definition) is 1. The standard InChI is InChI=1S/C18H24N2O7/c1-17(2,3)26-15(22)13(19-16(23)27-18(4,5)6)14(21)11-7-9-12(10-8-11)20(24)25/h7-10,13H,1-6H3,(H,19,23). The average Bonchev–Trinajstić information content (AvgIpc) is 2.48. The molecule has 9 heteroatoms. The summed E-state index contributed by atoms with van der Waals surface area (Å²) in [5, 5.41) is 12.9. The molecule has 0 spiro atoms. The summed E-state index contributed by atoms with van der Waals surface area (Å²) in [4.78, 5) is 47.3. The highest BCUT2D eigenvalue weighted by molar-refractivity contribution is 6.13. The number of nitro benzene ring substituents is 1. The molecule has 1 unspecified atom stereocenters. The molecule has 0 aliphatic heterocycles. The van der Waals surface area contributed by atoms with E-state index in [9.17, 15) is 24.5 Å². The van der Waals surface area contributed by atoms with E-state index < -0.39 is 40.0 Å². The predicted octanol–water partition coefficient (Wildman–Crippen LogP) is 3.01. The van der Waals surface area contributed by atoms with Gasteiger partial charge in [-0.15, -0.1) is 0 Å². The zero-order valence-corrected chi connectivity index (χ0v) is 16.2. The Morgan fingerprint density at radius 3 is 1.85 bits per heavy atom. The minimum atomic E-state index is -1.65. The fourth-order valence-corrected chi connectivity index (χ4v) is 1.93. The number of benzene rings is 1. The van der Waals surface area contributed by atoms with Crippen molar-refractivity contribution >= 4 is 23.5 Å². The van der Waals surface area contributed by atoms with Crippen LogP contribution in [0.2, 0.25) is 0 Å². The molecule has 27 heavy (non-hydrogen) atoms. The van der Waals surface area contributed by atoms with Gasteiger partial charge in [0.15, 0.2) is 11.8 Å². The molecule has 0 heterocycles. The van der Waals surface area contributed by atoms with Gasteiger partial charge in [-0.25, -0.2) is 9.59 Å². The largest absolute Gasteiger partial charge is 0.458 e. The molecule has 0 aliphatic carbocycles. The molecule has 0 saturated carbocycles. The second kappa shape index (κ2) is 8.15. The third-order valence-corrected chi connectivity index (χ3v) is 2.93. The van der Waals surface area contributed by atoms with E-state index in [1.54, 1.807) is 41.5 Å². The molecular formula is C18H24N2O7. The first-order valence-corrected chi connectivity index (χ1v) is 8.21. The van der Waals surface area contributed by atoms with E-state index in [-0.39, 0.29) is 11.3 Å². The minimum absolute atomic E-state index is 0.00696. The zero-order chi connectivity index (χ0) is 21.0. The first-order valence-electron chi connectivity index (χ1n) is 8.21. The molecule has 9 nitrogen and oxygen atoms in total. The van der Waals surface area contributed by atoms with Crippen molar-refractivity contribution in [2.45, 2.75) is 58.8 Å². The van der Waals surface area contributed by atoms with Crippen molar-refractivity contribution in [3.05, 3.63) is 39.9 Å². The number of ketones is 1. The number of nitro groups is 1. The second-order valence-electron chi connectivity index (χ2n) is 7.78. The van der Waals surface area contributed by atoms with E-state index in [1.165, 1.54) is 12.1 Å². The number of carbonyl (C=O) groups excluding carboxylic acids is 3. The van der Waals surface area contributed by atoms with Gasteiger partial charge >= 0.3 is 12.1 Å². The molecule has 0 fully saturated rings. The van der Waals surface area contributed by atoms with Crippen molar-refractivity contribution in [2.24, 2.45) is 0 Å². The highest BCUT2D eigenvalue weighted by Crippen LogP contribution is 2.16. The number of non-ortho nitro benzene ring substituents is 1. The van der Waals surface area contributed by atoms with E-state index in [0.717, 1.165) is 12.1 Å². The van der Waals surface area contributed by atoms with Gasteiger partial charge in [-0.05, 0) is 53.7 Å². The van der Waals surface area contributed by atoms with Crippen molar-refractivity contribution in [1.29, 1.82) is 0 Å². The number of nitrogens with zero attached hydrogens (tertiary/aromatic N) is 1. The topological polar surface area (TPSA) is 125 Å². The highest BCUT2D eigenvalue weighted by Gasteiger charge is 2.34. The van der Waals surface area contributed by atoms with Crippen LogP contribution < -0.4 is 5.32 Å². The van der Waals surface area contributed by atoms with Crippen LogP contribution >= 0.6 is 0 Å². The van der Waals surface area contributed by atoms with Gasteiger partial charge < -0.3 is 14.8 Å². The van der Waals surface area contributed by atoms with Crippen molar-refractivity contribution in [2.75, 3.05) is 0 Å². The normalized spacial score (nSPS) is 12.7. The Hall–Kier alpha value is -2.97. The van der Waals surface area contributed by atoms with Gasteiger partial charge in [-0.2, -0.15) is 0 Å². The van der Waals surface area contributed by atoms with Crippen LogP contribution in [0.25, 0.3) is 0 Å². The third-order valence-electron chi connectivity index (χ3n) is 2.93. The summed E-state index contributed by atoms with van der Waals surface area (Å²) in [6, 6.07) is 3.02. The number of Topliss-reactive ketones (excluding diaryl/α,β-unsaturated/α-hetero) is 1. The molecule has 1 aromatic rings.